The van der Waals surface area contributed by atoms with Crippen LogP contribution in [-0.4, -0.2) is 29.4 Å². The number of carbonyl (C=O) groups is 1. The molecule has 0 aromatic rings. The third-order valence-electron chi connectivity index (χ3n) is 4.18. The van der Waals surface area contributed by atoms with Crippen LogP contribution in [0.4, 0.5) is 0 Å². The molecule has 17 heavy (non-hydrogen) atoms. The second-order valence-corrected chi connectivity index (χ2v) is 5.73. The van der Waals surface area contributed by atoms with E-state index in [1.54, 1.807) is 0 Å². The van der Waals surface area contributed by atoms with Gasteiger partial charge in [-0.2, -0.15) is 0 Å². The lowest BCUT2D eigenvalue weighted by Gasteiger charge is -2.30. The summed E-state index contributed by atoms with van der Waals surface area (Å²) >= 11 is 0. The number of nitrogens with two attached hydrogens (primary N) is 1. The van der Waals surface area contributed by atoms with Crippen molar-refractivity contribution in [2.75, 3.05) is 6.54 Å². The fourth-order valence-corrected chi connectivity index (χ4v) is 2.97. The monoisotopic (exact) mass is 238 g/mol. The van der Waals surface area contributed by atoms with Crippen LogP contribution in [0.3, 0.4) is 0 Å². The van der Waals surface area contributed by atoms with Gasteiger partial charge in [0.1, 0.15) is 0 Å². The summed E-state index contributed by atoms with van der Waals surface area (Å²) < 4.78 is 0. The Kier molecular flexibility index (Phi) is 4.43. The highest BCUT2D eigenvalue weighted by Crippen LogP contribution is 2.31. The molecule has 98 valence electrons. The standard InChI is InChI=1S/C14H26N2O/c1-2-9-16(12-7-8-12)14(17)10-11-5-3-4-6-13(11)15/h11-13H,2-10,15H2,1H3. The molecule has 3 nitrogen and oxygen atoms in total. The summed E-state index contributed by atoms with van der Waals surface area (Å²) in [6, 6.07) is 0.817. The van der Waals surface area contributed by atoms with E-state index in [1.807, 2.05) is 0 Å². The van der Waals surface area contributed by atoms with Gasteiger partial charge in [0.05, 0.1) is 0 Å². The Hall–Kier alpha value is -0.570. The molecule has 0 aliphatic heterocycles. The highest BCUT2D eigenvalue weighted by molar-refractivity contribution is 5.77. The zero-order valence-electron chi connectivity index (χ0n) is 11.0. The summed E-state index contributed by atoms with van der Waals surface area (Å²) in [6.07, 6.45) is 8.93. The first kappa shape index (κ1) is 12.9. The lowest BCUT2D eigenvalue weighted by Crippen LogP contribution is -2.40. The normalized spacial score (nSPS) is 29.1. The zero-order chi connectivity index (χ0) is 12.3. The summed E-state index contributed by atoms with van der Waals surface area (Å²) in [4.78, 5) is 14.4. The van der Waals surface area contributed by atoms with Crippen molar-refractivity contribution >= 4 is 5.91 Å². The van der Waals surface area contributed by atoms with Crippen LogP contribution in [0, 0.1) is 5.92 Å². The third-order valence-corrected chi connectivity index (χ3v) is 4.18. The molecule has 2 unspecified atom stereocenters. The van der Waals surface area contributed by atoms with Crippen molar-refractivity contribution in [3.63, 3.8) is 0 Å². The fourth-order valence-electron chi connectivity index (χ4n) is 2.97. The molecule has 0 spiro atoms. The molecular formula is C14H26N2O. The lowest BCUT2D eigenvalue weighted by atomic mass is 9.82. The van der Waals surface area contributed by atoms with Crippen molar-refractivity contribution in [3.8, 4) is 0 Å². The first-order valence-electron chi connectivity index (χ1n) is 7.27. The molecule has 3 heteroatoms. The maximum atomic E-state index is 12.3. The van der Waals surface area contributed by atoms with Crippen molar-refractivity contribution in [2.24, 2.45) is 11.7 Å². The van der Waals surface area contributed by atoms with Crippen LogP contribution in [0.1, 0.15) is 58.3 Å². The predicted octanol–water partition coefficient (Wildman–Crippen LogP) is 2.29. The highest BCUT2D eigenvalue weighted by atomic mass is 16.2. The van der Waals surface area contributed by atoms with Crippen LogP contribution in [0.2, 0.25) is 0 Å². The Labute approximate surface area is 105 Å². The SMILES string of the molecule is CCCN(C(=O)CC1CCCCC1N)C1CC1. The molecule has 0 bridgehead atoms. The van der Waals surface area contributed by atoms with E-state index in [9.17, 15) is 4.79 Å². The molecule has 0 radical (unpaired) electrons. The minimum absolute atomic E-state index is 0.260. The average Bonchev–Trinajstić information content (AvgIpc) is 3.13. The van der Waals surface area contributed by atoms with E-state index in [0.29, 0.717) is 24.3 Å². The molecule has 2 atom stereocenters. The maximum Gasteiger partial charge on any atom is 0.223 e. The quantitative estimate of drug-likeness (QED) is 0.799. The second-order valence-electron chi connectivity index (χ2n) is 5.73. The topological polar surface area (TPSA) is 46.3 Å². The largest absolute Gasteiger partial charge is 0.340 e. The molecule has 0 aromatic carbocycles. The number of hydrogen-bond donors (Lipinski definition) is 1. The molecule has 2 rings (SSSR count). The Balaban J connectivity index is 1.85. The van der Waals surface area contributed by atoms with Crippen LogP contribution >= 0.6 is 0 Å². The van der Waals surface area contributed by atoms with E-state index in [2.05, 4.69) is 11.8 Å². The molecular weight excluding hydrogens is 212 g/mol. The molecule has 2 saturated carbocycles. The second kappa shape index (κ2) is 5.85. The van der Waals surface area contributed by atoms with Gasteiger partial charge in [-0.3, -0.25) is 4.79 Å². The Morgan fingerprint density at radius 2 is 1.94 bits per heavy atom. The van der Waals surface area contributed by atoms with E-state index >= 15 is 0 Å². The van der Waals surface area contributed by atoms with Gasteiger partial charge >= 0.3 is 0 Å². The van der Waals surface area contributed by atoms with Gasteiger partial charge in [0, 0.05) is 25.0 Å². The molecule has 2 N–H and O–H groups in total. The van der Waals surface area contributed by atoms with Crippen LogP contribution in [0.5, 0.6) is 0 Å². The van der Waals surface area contributed by atoms with Gasteiger partial charge in [-0.15, -0.1) is 0 Å². The van der Waals surface area contributed by atoms with E-state index < -0.39 is 0 Å². The fraction of sp³-hybridized carbons (Fsp3) is 0.929. The molecule has 1 amide bonds. The minimum atomic E-state index is 0.260. The lowest BCUT2D eigenvalue weighted by molar-refractivity contribution is -0.133. The highest BCUT2D eigenvalue weighted by Gasteiger charge is 2.33. The summed E-state index contributed by atoms with van der Waals surface area (Å²) in [5.41, 5.74) is 6.12. The van der Waals surface area contributed by atoms with Gasteiger partial charge in [-0.1, -0.05) is 19.8 Å². The molecule has 0 heterocycles. The van der Waals surface area contributed by atoms with Gasteiger partial charge < -0.3 is 10.6 Å². The summed E-state index contributed by atoms with van der Waals surface area (Å²) in [5.74, 6) is 0.797. The average molecular weight is 238 g/mol. The first-order chi connectivity index (χ1) is 8.22. The molecule has 2 aliphatic carbocycles. The first-order valence-corrected chi connectivity index (χ1v) is 7.27. The Morgan fingerprint density at radius 3 is 2.53 bits per heavy atom. The number of nitrogens with zero attached hydrogens (tertiary/aromatic N) is 1. The summed E-state index contributed by atoms with van der Waals surface area (Å²) in [6.45, 7) is 3.08. The number of carbonyl (C=O) groups excluding carboxylic acids is 1. The molecule has 0 saturated heterocycles. The van der Waals surface area contributed by atoms with Crippen molar-refractivity contribution in [2.45, 2.75) is 70.4 Å². The molecule has 2 fully saturated rings. The van der Waals surface area contributed by atoms with Gasteiger partial charge in [-0.05, 0) is 38.0 Å². The molecule has 2 aliphatic rings. The third kappa shape index (κ3) is 3.44. The van der Waals surface area contributed by atoms with Crippen LogP contribution in [0.25, 0.3) is 0 Å². The number of hydrogen-bond acceptors (Lipinski definition) is 2. The van der Waals surface area contributed by atoms with Crippen molar-refractivity contribution in [1.29, 1.82) is 0 Å². The van der Waals surface area contributed by atoms with Gasteiger partial charge in [0.25, 0.3) is 0 Å². The summed E-state index contributed by atoms with van der Waals surface area (Å²) in [7, 11) is 0. The van der Waals surface area contributed by atoms with Crippen molar-refractivity contribution < 1.29 is 4.79 Å². The van der Waals surface area contributed by atoms with E-state index in [4.69, 9.17) is 5.73 Å². The maximum absolute atomic E-state index is 12.3. The Morgan fingerprint density at radius 1 is 1.24 bits per heavy atom. The van der Waals surface area contributed by atoms with Crippen molar-refractivity contribution in [1.82, 2.24) is 4.90 Å². The predicted molar refractivity (Wildman–Crippen MR) is 69.6 cm³/mol. The van der Waals surface area contributed by atoms with Crippen molar-refractivity contribution in [3.05, 3.63) is 0 Å². The molecule has 0 aromatic heterocycles. The van der Waals surface area contributed by atoms with Gasteiger partial charge in [0.15, 0.2) is 0 Å². The number of amides is 1. The summed E-state index contributed by atoms with van der Waals surface area (Å²) in [5, 5.41) is 0. The van der Waals surface area contributed by atoms with Crippen LogP contribution in [-0.2, 0) is 4.79 Å². The smallest absolute Gasteiger partial charge is 0.223 e. The van der Waals surface area contributed by atoms with Gasteiger partial charge in [0.2, 0.25) is 5.91 Å². The van der Waals surface area contributed by atoms with E-state index in [1.165, 1.54) is 25.7 Å². The van der Waals surface area contributed by atoms with E-state index in [0.717, 1.165) is 25.8 Å². The zero-order valence-corrected chi connectivity index (χ0v) is 11.0. The number of rotatable bonds is 5. The van der Waals surface area contributed by atoms with E-state index in [-0.39, 0.29) is 6.04 Å². The van der Waals surface area contributed by atoms with Crippen LogP contribution in [0.15, 0.2) is 0 Å². The Bertz CT molecular complexity index is 263. The van der Waals surface area contributed by atoms with Gasteiger partial charge in [-0.25, -0.2) is 0 Å². The minimum Gasteiger partial charge on any atom is -0.340 e. The van der Waals surface area contributed by atoms with Crippen LogP contribution < -0.4 is 5.73 Å².